The first-order valence-corrected chi connectivity index (χ1v) is 6.41. The molecule has 1 aliphatic heterocycles. The van der Waals surface area contributed by atoms with Gasteiger partial charge in [-0.2, -0.15) is 0 Å². The molecular formula is C14H21ClN2O2. The number of benzene rings is 1. The number of para-hydroxylation sites is 1. The number of nitrogens with zero attached hydrogens (tertiary/aromatic N) is 1. The summed E-state index contributed by atoms with van der Waals surface area (Å²) in [6.45, 7) is 1.96. The van der Waals surface area contributed by atoms with Crippen LogP contribution in [0.15, 0.2) is 30.3 Å². The highest BCUT2D eigenvalue weighted by Crippen LogP contribution is 2.12. The predicted molar refractivity (Wildman–Crippen MR) is 78.9 cm³/mol. The van der Waals surface area contributed by atoms with Crippen molar-refractivity contribution in [2.75, 3.05) is 31.6 Å². The van der Waals surface area contributed by atoms with Crippen LogP contribution in [0.1, 0.15) is 12.8 Å². The fraction of sp³-hybridized carbons (Fsp3) is 0.500. The van der Waals surface area contributed by atoms with Gasteiger partial charge in [0, 0.05) is 25.9 Å². The molecule has 1 aromatic carbocycles. The summed E-state index contributed by atoms with van der Waals surface area (Å²) in [4.78, 5) is 13.6. The van der Waals surface area contributed by atoms with Crippen LogP contribution in [-0.4, -0.2) is 38.8 Å². The van der Waals surface area contributed by atoms with Gasteiger partial charge in [0.15, 0.2) is 0 Å². The van der Waals surface area contributed by atoms with Gasteiger partial charge in [-0.15, -0.1) is 12.4 Å². The maximum Gasteiger partial charge on any atom is 0.240 e. The number of hydrogen-bond acceptors (Lipinski definition) is 3. The molecule has 19 heavy (non-hydrogen) atoms. The Morgan fingerprint density at radius 3 is 2.79 bits per heavy atom. The van der Waals surface area contributed by atoms with E-state index in [0.29, 0.717) is 6.54 Å². The number of ether oxygens (including phenoxy) is 1. The quantitative estimate of drug-likeness (QED) is 0.897. The molecule has 1 aromatic rings. The Kier molecular flexibility index (Phi) is 6.84. The van der Waals surface area contributed by atoms with Crippen LogP contribution in [-0.2, 0) is 9.53 Å². The Labute approximate surface area is 120 Å². The second-order valence-electron chi connectivity index (χ2n) is 4.55. The van der Waals surface area contributed by atoms with Crippen molar-refractivity contribution in [1.29, 1.82) is 0 Å². The zero-order valence-electron chi connectivity index (χ0n) is 11.2. The number of anilines is 1. The van der Waals surface area contributed by atoms with Crippen LogP contribution < -0.4 is 10.2 Å². The molecule has 106 valence electrons. The van der Waals surface area contributed by atoms with Crippen LogP contribution in [0.2, 0.25) is 0 Å². The molecule has 0 bridgehead atoms. The highest BCUT2D eigenvalue weighted by atomic mass is 35.5. The third-order valence-electron chi connectivity index (χ3n) is 3.19. The molecule has 1 atom stereocenters. The summed E-state index contributed by atoms with van der Waals surface area (Å²) in [6.07, 6.45) is 2.50. The minimum atomic E-state index is 0. The Bertz CT molecular complexity index is 380. The maximum absolute atomic E-state index is 11.9. The molecular weight excluding hydrogens is 264 g/mol. The van der Waals surface area contributed by atoms with Gasteiger partial charge in [-0.25, -0.2) is 0 Å². The molecule has 1 amide bonds. The second-order valence-corrected chi connectivity index (χ2v) is 4.55. The van der Waals surface area contributed by atoms with Gasteiger partial charge in [0.25, 0.3) is 0 Å². The second kappa shape index (κ2) is 8.15. The number of likely N-dealkylation sites (N-methyl/N-ethyl adjacent to an activating group) is 1. The van der Waals surface area contributed by atoms with E-state index < -0.39 is 0 Å². The lowest BCUT2D eigenvalue weighted by atomic mass is 10.2. The summed E-state index contributed by atoms with van der Waals surface area (Å²) in [5.41, 5.74) is 0.918. The summed E-state index contributed by atoms with van der Waals surface area (Å²) in [5, 5.41) is 3.16. The fourth-order valence-corrected chi connectivity index (χ4v) is 2.06. The van der Waals surface area contributed by atoms with Crippen LogP contribution in [0, 0.1) is 0 Å². The van der Waals surface area contributed by atoms with Gasteiger partial charge in [-0.1, -0.05) is 18.2 Å². The van der Waals surface area contributed by atoms with Gasteiger partial charge in [0.2, 0.25) is 5.91 Å². The number of hydrogen-bond donors (Lipinski definition) is 1. The van der Waals surface area contributed by atoms with E-state index in [1.54, 1.807) is 11.9 Å². The van der Waals surface area contributed by atoms with E-state index in [2.05, 4.69) is 5.32 Å². The van der Waals surface area contributed by atoms with Crippen molar-refractivity contribution in [3.05, 3.63) is 30.3 Å². The predicted octanol–water partition coefficient (Wildman–Crippen LogP) is 1.84. The third-order valence-corrected chi connectivity index (χ3v) is 3.19. The molecule has 0 spiro atoms. The molecule has 2 rings (SSSR count). The van der Waals surface area contributed by atoms with Crippen LogP contribution in [0.5, 0.6) is 0 Å². The molecule has 0 aromatic heterocycles. The van der Waals surface area contributed by atoms with Gasteiger partial charge < -0.3 is 15.0 Å². The molecule has 1 heterocycles. The van der Waals surface area contributed by atoms with Crippen LogP contribution >= 0.6 is 12.4 Å². The van der Waals surface area contributed by atoms with Crippen molar-refractivity contribution in [3.63, 3.8) is 0 Å². The first-order chi connectivity index (χ1) is 8.77. The van der Waals surface area contributed by atoms with Gasteiger partial charge in [-0.05, 0) is 25.0 Å². The lowest BCUT2D eigenvalue weighted by Gasteiger charge is -2.18. The van der Waals surface area contributed by atoms with Crippen molar-refractivity contribution in [3.8, 4) is 0 Å². The number of nitrogens with one attached hydrogen (secondary N) is 1. The van der Waals surface area contributed by atoms with Crippen LogP contribution in [0.4, 0.5) is 5.69 Å². The van der Waals surface area contributed by atoms with E-state index in [-0.39, 0.29) is 24.4 Å². The summed E-state index contributed by atoms with van der Waals surface area (Å²) < 4.78 is 5.49. The number of rotatable bonds is 5. The summed E-state index contributed by atoms with van der Waals surface area (Å²) in [7, 11) is 1.80. The molecule has 1 fully saturated rings. The van der Waals surface area contributed by atoms with Crippen molar-refractivity contribution in [1.82, 2.24) is 5.32 Å². The average molecular weight is 285 g/mol. The molecule has 4 nitrogen and oxygen atoms in total. The Balaban J connectivity index is 0.00000180. The number of halogens is 1. The standard InChI is InChI=1S/C14H20N2O2.ClH/c1-16(12-6-3-2-4-7-12)14(17)11-15-10-13-8-5-9-18-13;/h2-4,6-7,13,15H,5,8-11H2,1H3;1H. The van der Waals surface area contributed by atoms with Crippen LogP contribution in [0.3, 0.4) is 0 Å². The van der Waals surface area contributed by atoms with E-state index in [1.807, 2.05) is 30.3 Å². The molecule has 0 aliphatic carbocycles. The molecule has 1 unspecified atom stereocenters. The molecule has 1 saturated heterocycles. The molecule has 5 heteroatoms. The minimum absolute atomic E-state index is 0. The number of carbonyl (C=O) groups is 1. The average Bonchev–Trinajstić information content (AvgIpc) is 2.92. The highest BCUT2D eigenvalue weighted by molar-refractivity contribution is 5.94. The monoisotopic (exact) mass is 284 g/mol. The first kappa shape index (κ1) is 16.0. The lowest BCUT2D eigenvalue weighted by molar-refractivity contribution is -0.117. The number of amides is 1. The largest absolute Gasteiger partial charge is 0.377 e. The molecule has 1 aliphatic rings. The van der Waals surface area contributed by atoms with E-state index >= 15 is 0 Å². The van der Waals surface area contributed by atoms with Crippen molar-refractivity contribution in [2.45, 2.75) is 18.9 Å². The zero-order chi connectivity index (χ0) is 12.8. The van der Waals surface area contributed by atoms with Gasteiger partial charge in [-0.3, -0.25) is 4.79 Å². The number of carbonyl (C=O) groups excluding carboxylic acids is 1. The third kappa shape index (κ3) is 4.82. The molecule has 0 radical (unpaired) electrons. The maximum atomic E-state index is 11.9. The Morgan fingerprint density at radius 2 is 2.16 bits per heavy atom. The zero-order valence-corrected chi connectivity index (χ0v) is 12.0. The van der Waals surface area contributed by atoms with Gasteiger partial charge in [0.1, 0.15) is 0 Å². The van der Waals surface area contributed by atoms with Crippen molar-refractivity contribution < 1.29 is 9.53 Å². The van der Waals surface area contributed by atoms with Crippen LogP contribution in [0.25, 0.3) is 0 Å². The van der Waals surface area contributed by atoms with E-state index in [1.165, 1.54) is 0 Å². The lowest BCUT2D eigenvalue weighted by Crippen LogP contribution is -2.38. The van der Waals surface area contributed by atoms with Gasteiger partial charge in [0.05, 0.1) is 12.6 Å². The van der Waals surface area contributed by atoms with E-state index in [4.69, 9.17) is 4.74 Å². The highest BCUT2D eigenvalue weighted by Gasteiger charge is 2.16. The molecule has 1 N–H and O–H groups in total. The summed E-state index contributed by atoms with van der Waals surface area (Å²) in [5.74, 6) is 0.0687. The SMILES string of the molecule is CN(C(=O)CNCC1CCCO1)c1ccccc1.Cl. The van der Waals surface area contributed by atoms with Crippen molar-refractivity contribution in [2.24, 2.45) is 0 Å². The van der Waals surface area contributed by atoms with E-state index in [0.717, 1.165) is 31.7 Å². The van der Waals surface area contributed by atoms with Gasteiger partial charge >= 0.3 is 0 Å². The normalized spacial score (nSPS) is 17.8. The summed E-state index contributed by atoms with van der Waals surface area (Å²) in [6, 6.07) is 9.66. The molecule has 0 saturated carbocycles. The van der Waals surface area contributed by atoms with E-state index in [9.17, 15) is 4.79 Å². The Hall–Kier alpha value is -1.10. The van der Waals surface area contributed by atoms with Crippen molar-refractivity contribution >= 4 is 24.0 Å². The smallest absolute Gasteiger partial charge is 0.240 e. The topological polar surface area (TPSA) is 41.6 Å². The fourth-order valence-electron chi connectivity index (χ4n) is 2.06. The first-order valence-electron chi connectivity index (χ1n) is 6.41. The summed E-state index contributed by atoms with van der Waals surface area (Å²) >= 11 is 0. The minimum Gasteiger partial charge on any atom is -0.377 e. The Morgan fingerprint density at radius 1 is 1.42 bits per heavy atom.